The van der Waals surface area contributed by atoms with E-state index in [0.29, 0.717) is 5.13 Å². The first-order valence-corrected chi connectivity index (χ1v) is 6.93. The lowest BCUT2D eigenvalue weighted by Gasteiger charge is -2.01. The summed E-state index contributed by atoms with van der Waals surface area (Å²) in [4.78, 5) is 0. The molecule has 2 aromatic carbocycles. The number of hydrogen-bond acceptors (Lipinski definition) is 5. The summed E-state index contributed by atoms with van der Waals surface area (Å²) in [5.74, 6) is 0. The highest BCUT2D eigenvalue weighted by Gasteiger charge is 1.98. The molecule has 5 heteroatoms. The van der Waals surface area contributed by atoms with Crippen molar-refractivity contribution in [2.45, 2.75) is 0 Å². The zero-order valence-electron chi connectivity index (χ0n) is 10.6. The molecule has 0 spiro atoms. The van der Waals surface area contributed by atoms with Crippen molar-refractivity contribution < 1.29 is 0 Å². The van der Waals surface area contributed by atoms with Gasteiger partial charge < -0.3 is 5.32 Å². The van der Waals surface area contributed by atoms with Gasteiger partial charge in [-0.1, -0.05) is 64.2 Å². The smallest absolute Gasteiger partial charge is 0.229 e. The number of aromatic nitrogens is 3. The highest BCUT2D eigenvalue weighted by molar-refractivity contribution is 7.09. The molecule has 0 aliphatic carbocycles. The van der Waals surface area contributed by atoms with E-state index in [4.69, 9.17) is 0 Å². The molecule has 0 atom stereocenters. The average Bonchev–Trinajstić information content (AvgIpc) is 3.01. The average molecular weight is 280 g/mol. The Hall–Kier alpha value is -2.53. The van der Waals surface area contributed by atoms with Crippen molar-refractivity contribution in [3.63, 3.8) is 0 Å². The van der Waals surface area contributed by atoms with Gasteiger partial charge in [-0.25, -0.2) is 0 Å². The maximum atomic E-state index is 3.84. The molecule has 0 fully saturated rings. The van der Waals surface area contributed by atoms with Crippen molar-refractivity contribution in [1.29, 1.82) is 0 Å². The molecule has 3 aromatic rings. The van der Waals surface area contributed by atoms with Gasteiger partial charge in [0.05, 0.1) is 0 Å². The lowest BCUT2D eigenvalue weighted by Crippen LogP contribution is -1.89. The molecule has 0 saturated heterocycles. The Morgan fingerprint density at radius 3 is 2.20 bits per heavy atom. The third-order valence-corrected chi connectivity index (χ3v) is 3.24. The number of benzene rings is 2. The first-order valence-electron chi connectivity index (χ1n) is 6.15. The van der Waals surface area contributed by atoms with Crippen LogP contribution < -0.4 is 5.32 Å². The van der Waals surface area contributed by atoms with Gasteiger partial charge in [0.2, 0.25) is 5.13 Å². The van der Waals surface area contributed by atoms with E-state index in [1.54, 1.807) is 0 Å². The number of hydrogen-bond donors (Lipinski definition) is 1. The minimum atomic E-state index is 0.692. The Labute approximate surface area is 121 Å². The monoisotopic (exact) mass is 280 g/mol. The highest BCUT2D eigenvalue weighted by atomic mass is 32.1. The fourth-order valence-electron chi connectivity index (χ4n) is 1.74. The van der Waals surface area contributed by atoms with Gasteiger partial charge >= 0.3 is 0 Å². The van der Waals surface area contributed by atoms with E-state index < -0.39 is 0 Å². The van der Waals surface area contributed by atoms with Crippen LogP contribution in [0.1, 0.15) is 11.1 Å². The quantitative estimate of drug-likeness (QED) is 0.738. The predicted octanol–water partition coefficient (Wildman–Crippen LogP) is 3.85. The molecule has 1 aromatic heterocycles. The Balaban J connectivity index is 1.68. The van der Waals surface area contributed by atoms with Crippen molar-refractivity contribution in [3.8, 4) is 0 Å². The molecule has 3 rings (SSSR count). The summed E-state index contributed by atoms with van der Waals surface area (Å²) in [7, 11) is 0. The molecule has 0 aliphatic rings. The lowest BCUT2D eigenvalue weighted by molar-refractivity contribution is 0.961. The molecule has 0 unspecified atom stereocenters. The number of nitrogens with one attached hydrogen (secondary N) is 1. The highest BCUT2D eigenvalue weighted by Crippen LogP contribution is 2.17. The minimum Gasteiger partial charge on any atom is -0.329 e. The second-order valence-corrected chi connectivity index (χ2v) is 4.89. The third kappa shape index (κ3) is 3.27. The Kier molecular flexibility index (Phi) is 3.80. The molecule has 0 bridgehead atoms. The lowest BCUT2D eigenvalue weighted by atomic mass is 10.1. The summed E-state index contributed by atoms with van der Waals surface area (Å²) < 4.78 is 3.71. The first kappa shape index (κ1) is 12.5. The van der Waals surface area contributed by atoms with E-state index in [0.717, 1.165) is 11.3 Å². The van der Waals surface area contributed by atoms with Crippen LogP contribution in [-0.2, 0) is 0 Å². The van der Waals surface area contributed by atoms with Crippen LogP contribution in [0.2, 0.25) is 0 Å². The molecule has 1 N–H and O–H groups in total. The summed E-state index contributed by atoms with van der Waals surface area (Å²) in [5, 5.41) is 11.2. The maximum Gasteiger partial charge on any atom is 0.229 e. The molecular formula is C15H12N4S. The van der Waals surface area contributed by atoms with Crippen LogP contribution in [-0.4, -0.2) is 14.8 Å². The van der Waals surface area contributed by atoms with E-state index in [1.165, 1.54) is 17.1 Å². The van der Waals surface area contributed by atoms with Crippen molar-refractivity contribution in [2.24, 2.45) is 0 Å². The van der Waals surface area contributed by atoms with Crippen LogP contribution >= 0.6 is 11.5 Å². The van der Waals surface area contributed by atoms with Gasteiger partial charge in [0, 0.05) is 17.2 Å². The minimum absolute atomic E-state index is 0.692. The normalized spacial score (nSPS) is 10.8. The summed E-state index contributed by atoms with van der Waals surface area (Å²) in [6, 6.07) is 18.3. The van der Waals surface area contributed by atoms with E-state index >= 15 is 0 Å². The second kappa shape index (κ2) is 6.08. The van der Waals surface area contributed by atoms with Gasteiger partial charge in [0.15, 0.2) is 0 Å². The van der Waals surface area contributed by atoms with Crippen LogP contribution in [0.15, 0.2) is 54.6 Å². The standard InChI is InChI=1S/C15H12N4S/c1-2-4-12(5-3-1)6-7-13-8-10-14(11-9-13)16-15-17-18-19-20-15/h1-11H,(H,16,17,19). The van der Waals surface area contributed by atoms with Gasteiger partial charge in [0.1, 0.15) is 0 Å². The number of nitrogens with zero attached hydrogens (tertiary/aromatic N) is 3. The summed E-state index contributed by atoms with van der Waals surface area (Å²) in [6.07, 6.45) is 4.18. The van der Waals surface area contributed by atoms with Gasteiger partial charge in [-0.2, -0.15) is 0 Å². The van der Waals surface area contributed by atoms with Gasteiger partial charge in [-0.15, -0.1) is 0 Å². The first-order chi connectivity index (χ1) is 9.90. The Morgan fingerprint density at radius 2 is 1.55 bits per heavy atom. The van der Waals surface area contributed by atoms with Crippen molar-refractivity contribution >= 4 is 34.5 Å². The summed E-state index contributed by atoms with van der Waals surface area (Å²) in [6.45, 7) is 0. The molecule has 0 aliphatic heterocycles. The van der Waals surface area contributed by atoms with Crippen molar-refractivity contribution in [2.75, 3.05) is 5.32 Å². The van der Waals surface area contributed by atoms with E-state index in [2.05, 4.69) is 56.5 Å². The molecule has 1 heterocycles. The Morgan fingerprint density at radius 1 is 0.850 bits per heavy atom. The van der Waals surface area contributed by atoms with E-state index in [1.807, 2.05) is 30.3 Å². The summed E-state index contributed by atoms with van der Waals surface area (Å²) in [5.41, 5.74) is 3.31. The topological polar surface area (TPSA) is 50.7 Å². The van der Waals surface area contributed by atoms with Crippen molar-refractivity contribution in [3.05, 3.63) is 65.7 Å². The van der Waals surface area contributed by atoms with Crippen LogP contribution in [0, 0.1) is 0 Å². The van der Waals surface area contributed by atoms with Gasteiger partial charge in [0.25, 0.3) is 0 Å². The molecule has 20 heavy (non-hydrogen) atoms. The zero-order valence-corrected chi connectivity index (χ0v) is 11.4. The summed E-state index contributed by atoms with van der Waals surface area (Å²) >= 11 is 1.23. The maximum absolute atomic E-state index is 3.84. The van der Waals surface area contributed by atoms with E-state index in [9.17, 15) is 0 Å². The fraction of sp³-hybridized carbons (Fsp3) is 0. The second-order valence-electron chi connectivity index (χ2n) is 4.16. The zero-order chi connectivity index (χ0) is 13.6. The molecule has 98 valence electrons. The third-order valence-electron chi connectivity index (χ3n) is 2.73. The van der Waals surface area contributed by atoms with Gasteiger partial charge in [-0.05, 0) is 28.5 Å². The Bertz CT molecular complexity index is 676. The SMILES string of the molecule is C(=Cc1ccc(Nc2nnns2)cc1)c1ccccc1. The van der Waals surface area contributed by atoms with Crippen LogP contribution in [0.25, 0.3) is 12.2 Å². The molecule has 0 radical (unpaired) electrons. The van der Waals surface area contributed by atoms with Crippen LogP contribution in [0.4, 0.5) is 10.8 Å². The fourth-order valence-corrected chi connectivity index (χ4v) is 2.13. The van der Waals surface area contributed by atoms with Crippen molar-refractivity contribution in [1.82, 2.24) is 14.8 Å². The van der Waals surface area contributed by atoms with Crippen LogP contribution in [0.5, 0.6) is 0 Å². The molecule has 0 amide bonds. The largest absolute Gasteiger partial charge is 0.329 e. The van der Waals surface area contributed by atoms with Gasteiger partial charge in [-0.3, -0.25) is 0 Å². The molecule has 0 saturated carbocycles. The number of anilines is 2. The molecular weight excluding hydrogens is 268 g/mol. The van der Waals surface area contributed by atoms with Crippen LogP contribution in [0.3, 0.4) is 0 Å². The number of rotatable bonds is 4. The molecule has 4 nitrogen and oxygen atoms in total. The predicted molar refractivity (Wildman–Crippen MR) is 82.8 cm³/mol. The van der Waals surface area contributed by atoms with E-state index in [-0.39, 0.29) is 0 Å².